The second-order valence-electron chi connectivity index (χ2n) is 6.13. The Morgan fingerprint density at radius 3 is 2.53 bits per heavy atom. The van der Waals surface area contributed by atoms with Crippen molar-refractivity contribution in [2.75, 3.05) is 7.05 Å². The van der Waals surface area contributed by atoms with Crippen LogP contribution in [0, 0.1) is 12.8 Å². The third-order valence-corrected chi connectivity index (χ3v) is 3.71. The normalized spacial score (nSPS) is 25.2. The van der Waals surface area contributed by atoms with Gasteiger partial charge in [0.2, 0.25) is 0 Å². The monoisotopic (exact) mass is 233 g/mol. The van der Waals surface area contributed by atoms with Crippen LogP contribution in [-0.2, 0) is 5.41 Å². The number of aliphatic imine (C=N–C) groups is 1. The van der Waals surface area contributed by atoms with Gasteiger partial charge in [0.1, 0.15) is 0 Å². The topological polar surface area (TPSA) is 30.2 Å². The molecule has 1 saturated carbocycles. The van der Waals surface area contributed by atoms with Crippen LogP contribution in [0.15, 0.2) is 11.2 Å². The highest BCUT2D eigenvalue weighted by Gasteiger charge is 2.32. The summed E-state index contributed by atoms with van der Waals surface area (Å²) in [7, 11) is 1.85. The summed E-state index contributed by atoms with van der Waals surface area (Å²) in [4.78, 5) is 4.10. The van der Waals surface area contributed by atoms with Gasteiger partial charge >= 0.3 is 0 Å². The molecule has 1 aliphatic carbocycles. The van der Waals surface area contributed by atoms with Crippen LogP contribution in [0.5, 0.6) is 0 Å². The molecular weight excluding hydrogens is 210 g/mol. The van der Waals surface area contributed by atoms with Gasteiger partial charge in [-0.2, -0.15) is 5.10 Å². The van der Waals surface area contributed by atoms with Crippen molar-refractivity contribution >= 4 is 6.21 Å². The van der Waals surface area contributed by atoms with Gasteiger partial charge in [-0.3, -0.25) is 4.68 Å². The molecule has 3 nitrogen and oxygen atoms in total. The standard InChI is InChI=1S/C14H23N3/c1-10-13(14(2,3)4)9-16-17(10)12-6-11(7-12)8-15-5/h8-9,11-12H,6-7H2,1-5H3. The minimum atomic E-state index is 0.191. The van der Waals surface area contributed by atoms with Crippen LogP contribution in [0.1, 0.15) is 50.9 Å². The maximum Gasteiger partial charge on any atom is 0.0534 e. The zero-order valence-electron chi connectivity index (χ0n) is 11.6. The fraction of sp³-hybridized carbons (Fsp3) is 0.714. The minimum Gasteiger partial charge on any atom is -0.301 e. The van der Waals surface area contributed by atoms with Crippen molar-refractivity contribution in [3.8, 4) is 0 Å². The Bertz CT molecular complexity index is 417. The lowest BCUT2D eigenvalue weighted by molar-refractivity contribution is 0.239. The predicted octanol–water partition coefficient (Wildman–Crippen LogP) is 3.14. The largest absolute Gasteiger partial charge is 0.301 e. The van der Waals surface area contributed by atoms with Gasteiger partial charge in [-0.1, -0.05) is 20.8 Å². The molecule has 0 atom stereocenters. The Balaban J connectivity index is 2.12. The summed E-state index contributed by atoms with van der Waals surface area (Å²) >= 11 is 0. The van der Waals surface area contributed by atoms with Crippen molar-refractivity contribution in [3.63, 3.8) is 0 Å². The summed E-state index contributed by atoms with van der Waals surface area (Å²) in [6.07, 6.45) is 6.48. The summed E-state index contributed by atoms with van der Waals surface area (Å²) in [6.45, 7) is 8.92. The van der Waals surface area contributed by atoms with E-state index in [9.17, 15) is 0 Å². The molecule has 0 radical (unpaired) electrons. The van der Waals surface area contributed by atoms with Gasteiger partial charge in [-0.05, 0) is 36.7 Å². The lowest BCUT2D eigenvalue weighted by Gasteiger charge is -2.34. The molecule has 0 spiro atoms. The first-order valence-corrected chi connectivity index (χ1v) is 6.40. The van der Waals surface area contributed by atoms with Gasteiger partial charge in [0.15, 0.2) is 0 Å². The van der Waals surface area contributed by atoms with E-state index >= 15 is 0 Å². The molecule has 0 unspecified atom stereocenters. The van der Waals surface area contributed by atoms with Crippen molar-refractivity contribution in [1.29, 1.82) is 0 Å². The van der Waals surface area contributed by atoms with Gasteiger partial charge in [0.25, 0.3) is 0 Å². The number of hydrogen-bond acceptors (Lipinski definition) is 2. The SMILES string of the molecule is CN=CC1CC(n2ncc(C(C)(C)C)c2C)C1. The fourth-order valence-corrected chi connectivity index (χ4v) is 2.69. The highest BCUT2D eigenvalue weighted by Crippen LogP contribution is 2.38. The average Bonchev–Trinajstić information content (AvgIpc) is 2.52. The van der Waals surface area contributed by atoms with Crippen molar-refractivity contribution in [3.05, 3.63) is 17.5 Å². The van der Waals surface area contributed by atoms with E-state index in [1.54, 1.807) is 0 Å². The fourth-order valence-electron chi connectivity index (χ4n) is 2.69. The smallest absolute Gasteiger partial charge is 0.0534 e. The van der Waals surface area contributed by atoms with Gasteiger partial charge in [-0.15, -0.1) is 0 Å². The summed E-state index contributed by atoms with van der Waals surface area (Å²) in [5.74, 6) is 0.659. The van der Waals surface area contributed by atoms with Crippen LogP contribution in [-0.4, -0.2) is 23.0 Å². The third-order valence-electron chi connectivity index (χ3n) is 3.71. The molecule has 3 heteroatoms. The van der Waals surface area contributed by atoms with Gasteiger partial charge in [0, 0.05) is 19.0 Å². The Morgan fingerprint density at radius 2 is 2.06 bits per heavy atom. The quantitative estimate of drug-likeness (QED) is 0.722. The van der Waals surface area contributed by atoms with Crippen LogP contribution in [0.3, 0.4) is 0 Å². The van der Waals surface area contributed by atoms with Crippen LogP contribution in [0.2, 0.25) is 0 Å². The molecule has 1 aromatic heterocycles. The molecule has 0 aliphatic heterocycles. The van der Waals surface area contributed by atoms with Crippen molar-refractivity contribution < 1.29 is 0 Å². The number of aromatic nitrogens is 2. The van der Waals surface area contributed by atoms with E-state index < -0.39 is 0 Å². The first-order chi connectivity index (χ1) is 7.93. The lowest BCUT2D eigenvalue weighted by Crippen LogP contribution is -2.29. The summed E-state index contributed by atoms with van der Waals surface area (Å²) < 4.78 is 2.21. The maximum absolute atomic E-state index is 4.57. The van der Waals surface area contributed by atoms with E-state index in [2.05, 4.69) is 48.7 Å². The molecule has 0 aromatic carbocycles. The second kappa shape index (κ2) is 4.28. The second-order valence-corrected chi connectivity index (χ2v) is 6.13. The molecule has 0 N–H and O–H groups in total. The summed E-state index contributed by atoms with van der Waals surface area (Å²) in [6, 6.07) is 0.578. The number of nitrogens with zero attached hydrogens (tertiary/aromatic N) is 3. The van der Waals surface area contributed by atoms with E-state index in [1.165, 1.54) is 24.1 Å². The Morgan fingerprint density at radius 1 is 1.41 bits per heavy atom. The number of hydrogen-bond donors (Lipinski definition) is 0. The van der Waals surface area contributed by atoms with Crippen LogP contribution in [0.25, 0.3) is 0 Å². The third kappa shape index (κ3) is 2.28. The van der Waals surface area contributed by atoms with Crippen LogP contribution < -0.4 is 0 Å². The average molecular weight is 233 g/mol. The molecule has 1 heterocycles. The highest BCUT2D eigenvalue weighted by atomic mass is 15.3. The summed E-state index contributed by atoms with van der Waals surface area (Å²) in [5, 5.41) is 4.57. The molecule has 0 saturated heterocycles. The highest BCUT2D eigenvalue weighted by molar-refractivity contribution is 5.61. The van der Waals surface area contributed by atoms with E-state index in [1.807, 2.05) is 13.2 Å². The molecule has 0 amide bonds. The van der Waals surface area contributed by atoms with Crippen molar-refractivity contribution in [1.82, 2.24) is 9.78 Å². The molecule has 17 heavy (non-hydrogen) atoms. The minimum absolute atomic E-state index is 0.191. The first kappa shape index (κ1) is 12.3. The molecule has 1 aliphatic rings. The molecule has 1 aromatic rings. The Hall–Kier alpha value is -1.12. The van der Waals surface area contributed by atoms with Gasteiger partial charge in [-0.25, -0.2) is 0 Å². The maximum atomic E-state index is 4.57. The van der Waals surface area contributed by atoms with Gasteiger partial charge in [0.05, 0.1) is 12.2 Å². The number of rotatable bonds is 2. The molecule has 94 valence electrons. The van der Waals surface area contributed by atoms with Crippen molar-refractivity contribution in [2.24, 2.45) is 10.9 Å². The van der Waals surface area contributed by atoms with Gasteiger partial charge < -0.3 is 4.99 Å². The van der Waals surface area contributed by atoms with E-state index in [0.29, 0.717) is 12.0 Å². The van der Waals surface area contributed by atoms with Crippen LogP contribution >= 0.6 is 0 Å². The predicted molar refractivity (Wildman–Crippen MR) is 71.8 cm³/mol. The van der Waals surface area contributed by atoms with Crippen LogP contribution in [0.4, 0.5) is 0 Å². The van der Waals surface area contributed by atoms with E-state index in [4.69, 9.17) is 0 Å². The zero-order chi connectivity index (χ0) is 12.6. The summed E-state index contributed by atoms with van der Waals surface area (Å²) in [5.41, 5.74) is 2.88. The van der Waals surface area contributed by atoms with Crippen molar-refractivity contribution in [2.45, 2.75) is 52.0 Å². The zero-order valence-corrected chi connectivity index (χ0v) is 11.6. The first-order valence-electron chi connectivity index (χ1n) is 6.40. The lowest BCUT2D eigenvalue weighted by atomic mass is 9.80. The van der Waals surface area contributed by atoms with E-state index in [-0.39, 0.29) is 5.41 Å². The molecule has 0 bridgehead atoms. The molecular formula is C14H23N3. The van der Waals surface area contributed by atoms with E-state index in [0.717, 1.165) is 0 Å². The Kier molecular flexibility index (Phi) is 3.11. The molecule has 1 fully saturated rings. The molecule has 2 rings (SSSR count). The Labute approximate surface area is 104 Å².